The van der Waals surface area contributed by atoms with Gasteiger partial charge in [0.25, 0.3) is 10.0 Å². The number of hydrogen-bond acceptors (Lipinski definition) is 7. The zero-order valence-electron chi connectivity index (χ0n) is 25.4. The summed E-state index contributed by atoms with van der Waals surface area (Å²) >= 11 is 0. The quantitative estimate of drug-likeness (QED) is 0.251. The largest absolute Gasteiger partial charge is 0.494 e. The van der Waals surface area contributed by atoms with E-state index in [0.717, 1.165) is 16.3 Å². The highest BCUT2D eigenvalue weighted by atomic mass is 32.2. The molecule has 0 aliphatic carbocycles. The van der Waals surface area contributed by atoms with Gasteiger partial charge in [0.15, 0.2) is 11.5 Å². The van der Waals surface area contributed by atoms with Gasteiger partial charge in [-0.25, -0.2) is 8.42 Å². The molecule has 2 amide bonds. The molecule has 0 saturated carbocycles. The minimum absolute atomic E-state index is 0.0887. The standard InChI is InChI=1S/C32H41N3O7S/c1-6-20-33-32(37)28(7-2)34(22-24-12-10-9-11-13-24)31(36)23-35(25-14-16-26(17-15-25)42-8-3)43(38,39)27-18-19-29(40-4)30(21-27)41-5/h9-19,21,28H,6-8,20,22-23H2,1-5H3,(H,33,37)/t28-/m1/s1. The van der Waals surface area contributed by atoms with Crippen LogP contribution in [-0.4, -0.2) is 65.1 Å². The summed E-state index contributed by atoms with van der Waals surface area (Å²) in [6, 6.07) is 19.2. The van der Waals surface area contributed by atoms with Gasteiger partial charge in [-0.15, -0.1) is 0 Å². The number of methoxy groups -OCH3 is 2. The van der Waals surface area contributed by atoms with Gasteiger partial charge < -0.3 is 24.4 Å². The first-order valence-corrected chi connectivity index (χ1v) is 15.7. The van der Waals surface area contributed by atoms with E-state index in [9.17, 15) is 18.0 Å². The first-order chi connectivity index (χ1) is 20.7. The van der Waals surface area contributed by atoms with E-state index in [2.05, 4.69) is 5.32 Å². The molecule has 0 unspecified atom stereocenters. The predicted octanol–water partition coefficient (Wildman–Crippen LogP) is 4.63. The number of hydrogen-bond donors (Lipinski definition) is 1. The maximum absolute atomic E-state index is 14.2. The first-order valence-electron chi connectivity index (χ1n) is 14.3. The highest BCUT2D eigenvalue weighted by molar-refractivity contribution is 7.92. The van der Waals surface area contributed by atoms with Gasteiger partial charge in [0.2, 0.25) is 11.8 Å². The van der Waals surface area contributed by atoms with Gasteiger partial charge in [0, 0.05) is 19.2 Å². The van der Waals surface area contributed by atoms with E-state index < -0.39 is 28.5 Å². The molecule has 0 spiro atoms. The van der Waals surface area contributed by atoms with Crippen LogP contribution in [0.15, 0.2) is 77.7 Å². The smallest absolute Gasteiger partial charge is 0.264 e. The topological polar surface area (TPSA) is 114 Å². The van der Waals surface area contributed by atoms with Gasteiger partial charge in [-0.3, -0.25) is 13.9 Å². The number of nitrogens with one attached hydrogen (secondary N) is 1. The summed E-state index contributed by atoms with van der Waals surface area (Å²) in [5.41, 5.74) is 1.07. The third kappa shape index (κ3) is 8.41. The van der Waals surface area contributed by atoms with Crippen LogP contribution in [0.4, 0.5) is 5.69 Å². The van der Waals surface area contributed by atoms with Crippen molar-refractivity contribution in [1.29, 1.82) is 0 Å². The van der Waals surface area contributed by atoms with Crippen molar-refractivity contribution < 1.29 is 32.2 Å². The van der Waals surface area contributed by atoms with Crippen molar-refractivity contribution in [2.45, 2.75) is 51.1 Å². The number of benzene rings is 3. The summed E-state index contributed by atoms with van der Waals surface area (Å²) in [4.78, 5) is 28.7. The molecular weight excluding hydrogens is 570 g/mol. The van der Waals surface area contributed by atoms with Crippen LogP contribution in [0.5, 0.6) is 17.2 Å². The number of amides is 2. The molecule has 0 radical (unpaired) electrons. The SMILES string of the molecule is CCCNC(=O)[C@@H](CC)N(Cc1ccccc1)C(=O)CN(c1ccc(OCC)cc1)S(=O)(=O)c1ccc(OC)c(OC)c1. The number of ether oxygens (including phenoxy) is 3. The molecule has 3 aromatic carbocycles. The van der Waals surface area contributed by atoms with Gasteiger partial charge in [-0.2, -0.15) is 0 Å². The summed E-state index contributed by atoms with van der Waals surface area (Å²) in [5.74, 6) is 0.337. The summed E-state index contributed by atoms with van der Waals surface area (Å²) in [7, 11) is -1.42. The molecule has 3 rings (SSSR count). The van der Waals surface area contributed by atoms with Crippen LogP contribution >= 0.6 is 0 Å². The molecule has 232 valence electrons. The van der Waals surface area contributed by atoms with E-state index in [4.69, 9.17) is 14.2 Å². The van der Waals surface area contributed by atoms with Crippen LogP contribution in [-0.2, 0) is 26.2 Å². The highest BCUT2D eigenvalue weighted by Crippen LogP contribution is 2.33. The molecule has 11 heteroatoms. The molecule has 0 aliphatic rings. The normalized spacial score (nSPS) is 11.7. The number of carbonyl (C=O) groups is 2. The van der Waals surface area contributed by atoms with E-state index in [1.165, 1.54) is 37.3 Å². The van der Waals surface area contributed by atoms with Crippen LogP contribution in [0.3, 0.4) is 0 Å². The Kier molecular flexibility index (Phi) is 12.2. The first kappa shape index (κ1) is 33.3. The minimum atomic E-state index is -4.30. The molecule has 0 aliphatic heterocycles. The molecule has 0 fully saturated rings. The second-order valence-electron chi connectivity index (χ2n) is 9.68. The Hall–Kier alpha value is -4.25. The summed E-state index contributed by atoms with van der Waals surface area (Å²) in [6.07, 6.45) is 1.09. The fraction of sp³-hybridized carbons (Fsp3) is 0.375. The van der Waals surface area contributed by atoms with Crippen LogP contribution in [0.1, 0.15) is 39.2 Å². The molecule has 0 saturated heterocycles. The summed E-state index contributed by atoms with van der Waals surface area (Å²) in [6.45, 7) is 6.11. The van der Waals surface area contributed by atoms with Crippen molar-refractivity contribution in [3.05, 3.63) is 78.4 Å². The fourth-order valence-corrected chi connectivity index (χ4v) is 6.00. The zero-order chi connectivity index (χ0) is 31.4. The van der Waals surface area contributed by atoms with E-state index in [1.54, 1.807) is 24.3 Å². The third-order valence-corrected chi connectivity index (χ3v) is 8.56. The molecule has 1 N–H and O–H groups in total. The average Bonchev–Trinajstić information content (AvgIpc) is 3.03. The second-order valence-corrected chi connectivity index (χ2v) is 11.5. The predicted molar refractivity (Wildman–Crippen MR) is 166 cm³/mol. The fourth-order valence-electron chi connectivity index (χ4n) is 4.57. The molecule has 10 nitrogen and oxygen atoms in total. The molecule has 0 aromatic heterocycles. The Morgan fingerprint density at radius 2 is 1.56 bits per heavy atom. The highest BCUT2D eigenvalue weighted by Gasteiger charge is 2.34. The lowest BCUT2D eigenvalue weighted by Crippen LogP contribution is -2.52. The van der Waals surface area contributed by atoms with Crippen LogP contribution in [0.25, 0.3) is 0 Å². The van der Waals surface area contributed by atoms with Crippen molar-refractivity contribution in [2.24, 2.45) is 0 Å². The number of nitrogens with zero attached hydrogens (tertiary/aromatic N) is 2. The van der Waals surface area contributed by atoms with Crippen LogP contribution < -0.4 is 23.8 Å². The number of anilines is 1. The molecule has 43 heavy (non-hydrogen) atoms. The summed E-state index contributed by atoms with van der Waals surface area (Å²) in [5, 5.41) is 2.88. The zero-order valence-corrected chi connectivity index (χ0v) is 26.2. The maximum Gasteiger partial charge on any atom is 0.264 e. The lowest BCUT2D eigenvalue weighted by molar-refractivity contribution is -0.140. The Morgan fingerprint density at radius 1 is 0.884 bits per heavy atom. The Labute approximate surface area is 254 Å². The van der Waals surface area contributed by atoms with Gasteiger partial charge in [-0.1, -0.05) is 44.2 Å². The van der Waals surface area contributed by atoms with E-state index in [1.807, 2.05) is 51.1 Å². The summed E-state index contributed by atoms with van der Waals surface area (Å²) < 4.78 is 45.6. The van der Waals surface area contributed by atoms with Crippen molar-refractivity contribution in [2.75, 3.05) is 38.2 Å². The van der Waals surface area contributed by atoms with E-state index >= 15 is 0 Å². The Balaban J connectivity index is 2.09. The lowest BCUT2D eigenvalue weighted by atomic mass is 10.1. The molecule has 0 heterocycles. The van der Waals surface area contributed by atoms with Gasteiger partial charge in [0.05, 0.1) is 31.4 Å². The average molecular weight is 612 g/mol. The Morgan fingerprint density at radius 3 is 2.14 bits per heavy atom. The maximum atomic E-state index is 14.2. The molecule has 1 atom stereocenters. The van der Waals surface area contributed by atoms with E-state index in [-0.39, 0.29) is 28.8 Å². The number of carbonyl (C=O) groups excluding carboxylic acids is 2. The van der Waals surface area contributed by atoms with Crippen LogP contribution in [0, 0.1) is 0 Å². The van der Waals surface area contributed by atoms with Crippen molar-refractivity contribution in [3.8, 4) is 17.2 Å². The number of sulfonamides is 1. The lowest BCUT2D eigenvalue weighted by Gasteiger charge is -2.33. The van der Waals surface area contributed by atoms with E-state index in [0.29, 0.717) is 31.1 Å². The number of rotatable bonds is 16. The minimum Gasteiger partial charge on any atom is -0.494 e. The van der Waals surface area contributed by atoms with Crippen LogP contribution in [0.2, 0.25) is 0 Å². The second kappa shape index (κ2) is 15.8. The monoisotopic (exact) mass is 611 g/mol. The van der Waals surface area contributed by atoms with Crippen molar-refractivity contribution in [1.82, 2.24) is 10.2 Å². The van der Waals surface area contributed by atoms with Crippen molar-refractivity contribution in [3.63, 3.8) is 0 Å². The third-order valence-electron chi connectivity index (χ3n) is 6.79. The van der Waals surface area contributed by atoms with Gasteiger partial charge in [0.1, 0.15) is 18.3 Å². The molecule has 3 aromatic rings. The van der Waals surface area contributed by atoms with Gasteiger partial charge >= 0.3 is 0 Å². The molecule has 0 bridgehead atoms. The Bertz CT molecular complexity index is 1450. The van der Waals surface area contributed by atoms with Gasteiger partial charge in [-0.05, 0) is 61.7 Å². The van der Waals surface area contributed by atoms with Crippen molar-refractivity contribution >= 4 is 27.5 Å². The molecular formula is C32H41N3O7S.